The third-order valence-electron chi connectivity index (χ3n) is 1.84. The zero-order chi connectivity index (χ0) is 11.5. The smallest absolute Gasteiger partial charge is 0.367 e. The third kappa shape index (κ3) is 4.67. The molecular formula is C10H13F3N2. The minimum absolute atomic E-state index is 0.470. The van der Waals surface area contributed by atoms with Gasteiger partial charge >= 0.3 is 6.18 Å². The van der Waals surface area contributed by atoms with E-state index < -0.39 is 18.6 Å². The van der Waals surface area contributed by atoms with Crippen molar-refractivity contribution < 1.29 is 13.2 Å². The molecule has 0 aliphatic carbocycles. The number of halogens is 3. The highest BCUT2D eigenvalue weighted by atomic mass is 19.4. The number of aromatic nitrogens is 1. The fourth-order valence-electron chi connectivity index (χ4n) is 1.20. The Kier molecular flexibility index (Phi) is 3.55. The SMILES string of the molecule is Cc1ccc(NC(C)CC(F)(F)F)nc1. The Balaban J connectivity index is 2.51. The molecule has 0 bridgehead atoms. The van der Waals surface area contributed by atoms with Crippen molar-refractivity contribution in [2.75, 3.05) is 5.32 Å². The number of hydrogen-bond donors (Lipinski definition) is 1. The zero-order valence-corrected chi connectivity index (χ0v) is 8.60. The summed E-state index contributed by atoms with van der Waals surface area (Å²) in [5.41, 5.74) is 0.976. The number of alkyl halides is 3. The van der Waals surface area contributed by atoms with E-state index in [0.717, 1.165) is 5.56 Å². The number of nitrogens with one attached hydrogen (secondary N) is 1. The average Bonchev–Trinajstić information content (AvgIpc) is 2.05. The van der Waals surface area contributed by atoms with Crippen LogP contribution in [-0.4, -0.2) is 17.2 Å². The van der Waals surface area contributed by atoms with Crippen LogP contribution in [0.5, 0.6) is 0 Å². The minimum Gasteiger partial charge on any atom is -0.367 e. The summed E-state index contributed by atoms with van der Waals surface area (Å²) in [6.45, 7) is 3.35. The molecule has 1 rings (SSSR count). The van der Waals surface area contributed by atoms with Crippen LogP contribution < -0.4 is 5.32 Å². The molecule has 0 radical (unpaired) electrons. The summed E-state index contributed by atoms with van der Waals surface area (Å²) in [6.07, 6.45) is -3.39. The van der Waals surface area contributed by atoms with Crippen molar-refractivity contribution in [3.63, 3.8) is 0 Å². The fraction of sp³-hybridized carbons (Fsp3) is 0.500. The van der Waals surface area contributed by atoms with Crippen molar-refractivity contribution in [3.8, 4) is 0 Å². The number of hydrogen-bond acceptors (Lipinski definition) is 2. The normalized spacial score (nSPS) is 13.7. The molecule has 1 aromatic heterocycles. The van der Waals surface area contributed by atoms with E-state index in [-0.39, 0.29) is 0 Å². The highest BCUT2D eigenvalue weighted by Crippen LogP contribution is 2.22. The van der Waals surface area contributed by atoms with Gasteiger partial charge in [0.2, 0.25) is 0 Å². The number of nitrogens with zero attached hydrogens (tertiary/aromatic N) is 1. The lowest BCUT2D eigenvalue weighted by Gasteiger charge is -2.16. The molecule has 1 N–H and O–H groups in total. The quantitative estimate of drug-likeness (QED) is 0.843. The predicted octanol–water partition coefficient (Wildman–Crippen LogP) is 3.14. The van der Waals surface area contributed by atoms with E-state index in [1.807, 2.05) is 6.92 Å². The second-order valence-corrected chi connectivity index (χ2v) is 3.59. The molecule has 0 aromatic carbocycles. The lowest BCUT2D eigenvalue weighted by atomic mass is 10.2. The summed E-state index contributed by atoms with van der Waals surface area (Å²) in [5.74, 6) is 0.470. The van der Waals surface area contributed by atoms with E-state index in [1.165, 1.54) is 6.92 Å². The molecule has 0 fully saturated rings. The van der Waals surface area contributed by atoms with E-state index >= 15 is 0 Å². The van der Waals surface area contributed by atoms with Crippen LogP contribution in [0.2, 0.25) is 0 Å². The minimum atomic E-state index is -4.14. The molecule has 2 nitrogen and oxygen atoms in total. The first-order valence-electron chi connectivity index (χ1n) is 4.63. The van der Waals surface area contributed by atoms with Crippen LogP contribution >= 0.6 is 0 Å². The molecule has 84 valence electrons. The van der Waals surface area contributed by atoms with Crippen LogP contribution in [0.4, 0.5) is 19.0 Å². The molecule has 1 unspecified atom stereocenters. The Morgan fingerprint density at radius 3 is 2.53 bits per heavy atom. The van der Waals surface area contributed by atoms with Crippen LogP contribution in [-0.2, 0) is 0 Å². The maximum atomic E-state index is 12.0. The van der Waals surface area contributed by atoms with Crippen LogP contribution in [0.1, 0.15) is 18.9 Å². The van der Waals surface area contributed by atoms with E-state index in [4.69, 9.17) is 0 Å². The molecule has 1 heterocycles. The Morgan fingerprint density at radius 2 is 2.07 bits per heavy atom. The molecule has 1 aromatic rings. The summed E-state index contributed by atoms with van der Waals surface area (Å²) in [6, 6.07) is 2.80. The molecule has 0 spiro atoms. The summed E-state index contributed by atoms with van der Waals surface area (Å²) >= 11 is 0. The van der Waals surface area contributed by atoms with Crippen molar-refractivity contribution in [2.24, 2.45) is 0 Å². The second-order valence-electron chi connectivity index (χ2n) is 3.59. The third-order valence-corrected chi connectivity index (χ3v) is 1.84. The Hall–Kier alpha value is -1.26. The van der Waals surface area contributed by atoms with Gasteiger partial charge in [0.1, 0.15) is 5.82 Å². The highest BCUT2D eigenvalue weighted by molar-refractivity contribution is 5.36. The van der Waals surface area contributed by atoms with Crippen LogP contribution in [0.25, 0.3) is 0 Å². The maximum absolute atomic E-state index is 12.0. The Labute approximate surface area is 86.5 Å². The molecule has 0 amide bonds. The van der Waals surface area contributed by atoms with E-state index in [9.17, 15) is 13.2 Å². The molecule has 1 atom stereocenters. The first-order chi connectivity index (χ1) is 6.87. The summed E-state index contributed by atoms with van der Waals surface area (Å²) < 4.78 is 36.0. The van der Waals surface area contributed by atoms with Gasteiger partial charge in [-0.15, -0.1) is 0 Å². The van der Waals surface area contributed by atoms with Gasteiger partial charge in [-0.2, -0.15) is 13.2 Å². The molecule has 0 aliphatic heterocycles. The molecule has 0 saturated heterocycles. The van der Waals surface area contributed by atoms with Crippen molar-refractivity contribution in [3.05, 3.63) is 23.9 Å². The van der Waals surface area contributed by atoms with Gasteiger partial charge in [-0.1, -0.05) is 6.07 Å². The average molecular weight is 218 g/mol. The number of aryl methyl sites for hydroxylation is 1. The van der Waals surface area contributed by atoms with E-state index in [0.29, 0.717) is 5.82 Å². The molecule has 0 saturated carbocycles. The van der Waals surface area contributed by atoms with Gasteiger partial charge in [-0.3, -0.25) is 0 Å². The zero-order valence-electron chi connectivity index (χ0n) is 8.60. The number of rotatable bonds is 3. The summed E-state index contributed by atoms with van der Waals surface area (Å²) in [5, 5.41) is 2.69. The van der Waals surface area contributed by atoms with Gasteiger partial charge in [0, 0.05) is 12.2 Å². The predicted molar refractivity (Wildman–Crippen MR) is 52.7 cm³/mol. The summed E-state index contributed by atoms with van der Waals surface area (Å²) in [4.78, 5) is 3.97. The van der Waals surface area contributed by atoms with E-state index in [2.05, 4.69) is 10.3 Å². The van der Waals surface area contributed by atoms with Crippen LogP contribution in [0.3, 0.4) is 0 Å². The Morgan fingerprint density at radius 1 is 1.40 bits per heavy atom. The number of pyridine rings is 1. The van der Waals surface area contributed by atoms with Gasteiger partial charge in [-0.25, -0.2) is 4.98 Å². The van der Waals surface area contributed by atoms with Gasteiger partial charge in [0.15, 0.2) is 0 Å². The molecule has 0 aliphatic rings. The topological polar surface area (TPSA) is 24.9 Å². The van der Waals surface area contributed by atoms with Crippen molar-refractivity contribution in [2.45, 2.75) is 32.5 Å². The molecule has 15 heavy (non-hydrogen) atoms. The monoisotopic (exact) mass is 218 g/mol. The van der Waals surface area contributed by atoms with Gasteiger partial charge in [0.05, 0.1) is 6.42 Å². The fourth-order valence-corrected chi connectivity index (χ4v) is 1.20. The van der Waals surface area contributed by atoms with E-state index in [1.54, 1.807) is 18.3 Å². The van der Waals surface area contributed by atoms with Crippen molar-refractivity contribution >= 4 is 5.82 Å². The van der Waals surface area contributed by atoms with Gasteiger partial charge in [-0.05, 0) is 25.5 Å². The maximum Gasteiger partial charge on any atom is 0.391 e. The van der Waals surface area contributed by atoms with Gasteiger partial charge < -0.3 is 5.32 Å². The Bertz CT molecular complexity index is 305. The van der Waals surface area contributed by atoms with Crippen molar-refractivity contribution in [1.29, 1.82) is 0 Å². The molecule has 5 heteroatoms. The molecular weight excluding hydrogens is 205 g/mol. The lowest BCUT2D eigenvalue weighted by Crippen LogP contribution is -2.24. The summed E-state index contributed by atoms with van der Waals surface area (Å²) in [7, 11) is 0. The second kappa shape index (κ2) is 4.51. The lowest BCUT2D eigenvalue weighted by molar-refractivity contribution is -0.136. The van der Waals surface area contributed by atoms with Crippen LogP contribution in [0.15, 0.2) is 18.3 Å². The van der Waals surface area contributed by atoms with Crippen molar-refractivity contribution in [1.82, 2.24) is 4.98 Å². The largest absolute Gasteiger partial charge is 0.391 e. The number of anilines is 1. The first kappa shape index (κ1) is 11.8. The standard InChI is InChI=1S/C10H13F3N2/c1-7-3-4-9(14-6-7)15-8(2)5-10(11,12)13/h3-4,6,8H,5H2,1-2H3,(H,14,15). The first-order valence-corrected chi connectivity index (χ1v) is 4.63. The van der Waals surface area contributed by atoms with Crippen LogP contribution in [0, 0.1) is 6.92 Å². The van der Waals surface area contributed by atoms with Gasteiger partial charge in [0.25, 0.3) is 0 Å². The highest BCUT2D eigenvalue weighted by Gasteiger charge is 2.29.